The molecule has 0 unspecified atom stereocenters. The van der Waals surface area contributed by atoms with Gasteiger partial charge in [0.05, 0.1) is 25.1 Å². The molecule has 3 N–H and O–H groups in total. The molecule has 0 spiro atoms. The van der Waals surface area contributed by atoms with Gasteiger partial charge in [-0.15, -0.1) is 0 Å². The van der Waals surface area contributed by atoms with E-state index in [1.165, 1.54) is 6.08 Å². The number of nitrogens with zero attached hydrogens (tertiary/aromatic N) is 4. The normalized spacial score (nSPS) is 15.0. The van der Waals surface area contributed by atoms with E-state index in [-0.39, 0.29) is 5.91 Å². The summed E-state index contributed by atoms with van der Waals surface area (Å²) in [5.41, 5.74) is 3.98. The molecule has 2 aliphatic rings. The summed E-state index contributed by atoms with van der Waals surface area (Å²) in [6, 6.07) is 17.5. The van der Waals surface area contributed by atoms with E-state index in [0.717, 1.165) is 67.5 Å². The number of amides is 1. The highest BCUT2D eigenvalue weighted by atomic mass is 16.5. The van der Waals surface area contributed by atoms with E-state index in [2.05, 4.69) is 32.1 Å². The molecule has 4 aromatic rings. The second-order valence-corrected chi connectivity index (χ2v) is 8.58. The number of imidazole rings is 1. The number of aromatic nitrogens is 4. The Bertz CT molecular complexity index is 1330. The number of morpholine rings is 1. The van der Waals surface area contributed by atoms with Crippen LogP contribution in [0.5, 0.6) is 0 Å². The summed E-state index contributed by atoms with van der Waals surface area (Å²) in [4.78, 5) is 25.7. The summed E-state index contributed by atoms with van der Waals surface area (Å²) in [6.45, 7) is 7.34. The number of nitrogens with one attached hydrogen (secondary N) is 3. The SMILES string of the molecule is C1COCCN1.C=CC(=O)Nc1cccc(-n2c(C3CC3)nc3cnc(Nc4ccccc4)nc32)c1. The summed E-state index contributed by atoms with van der Waals surface area (Å²) in [7, 11) is 0. The number of hydrogen-bond acceptors (Lipinski definition) is 7. The number of carbonyl (C=O) groups excluding carboxylic acids is 1. The first-order chi connectivity index (χ1) is 17.7. The average molecular weight is 484 g/mol. The summed E-state index contributed by atoms with van der Waals surface area (Å²) in [5.74, 6) is 1.65. The zero-order valence-electron chi connectivity index (χ0n) is 20.0. The van der Waals surface area contributed by atoms with E-state index in [9.17, 15) is 4.79 Å². The molecule has 3 heterocycles. The minimum Gasteiger partial charge on any atom is -0.379 e. The van der Waals surface area contributed by atoms with Crippen LogP contribution in [-0.4, -0.2) is 51.7 Å². The monoisotopic (exact) mass is 483 g/mol. The van der Waals surface area contributed by atoms with Crippen LogP contribution in [0.4, 0.5) is 17.3 Å². The first-order valence-corrected chi connectivity index (χ1v) is 12.1. The third-order valence-electron chi connectivity index (χ3n) is 5.80. The van der Waals surface area contributed by atoms with E-state index >= 15 is 0 Å². The largest absolute Gasteiger partial charge is 0.379 e. The molecule has 36 heavy (non-hydrogen) atoms. The average Bonchev–Trinajstić information content (AvgIpc) is 3.71. The highest BCUT2D eigenvalue weighted by molar-refractivity contribution is 5.99. The third-order valence-corrected chi connectivity index (χ3v) is 5.80. The number of anilines is 3. The number of benzene rings is 2. The van der Waals surface area contributed by atoms with Gasteiger partial charge in [-0.3, -0.25) is 9.36 Å². The molecule has 9 heteroatoms. The Morgan fingerprint density at radius 3 is 2.50 bits per heavy atom. The maximum Gasteiger partial charge on any atom is 0.247 e. The van der Waals surface area contributed by atoms with Crippen molar-refractivity contribution < 1.29 is 9.53 Å². The highest BCUT2D eigenvalue weighted by Gasteiger charge is 2.31. The maximum absolute atomic E-state index is 11.7. The Balaban J connectivity index is 0.000000391. The molecule has 0 bridgehead atoms. The second kappa shape index (κ2) is 11.1. The van der Waals surface area contributed by atoms with Crippen molar-refractivity contribution in [2.75, 3.05) is 36.9 Å². The van der Waals surface area contributed by atoms with Crippen LogP contribution >= 0.6 is 0 Å². The van der Waals surface area contributed by atoms with E-state index in [0.29, 0.717) is 17.6 Å². The maximum atomic E-state index is 11.7. The minimum absolute atomic E-state index is 0.248. The van der Waals surface area contributed by atoms with Crippen LogP contribution in [0.3, 0.4) is 0 Å². The van der Waals surface area contributed by atoms with Gasteiger partial charge in [0.25, 0.3) is 0 Å². The Hall–Kier alpha value is -4.08. The van der Waals surface area contributed by atoms with Crippen LogP contribution in [0.15, 0.2) is 73.4 Å². The molecular weight excluding hydrogens is 454 g/mol. The van der Waals surface area contributed by atoms with Gasteiger partial charge in [0.1, 0.15) is 11.3 Å². The fraction of sp³-hybridized carbons (Fsp3) is 0.259. The number of fused-ring (bicyclic) bond motifs is 1. The third kappa shape index (κ3) is 5.76. The molecule has 1 aliphatic heterocycles. The summed E-state index contributed by atoms with van der Waals surface area (Å²) in [5, 5.41) is 9.22. The first-order valence-electron chi connectivity index (χ1n) is 12.1. The Kier molecular flexibility index (Phi) is 7.30. The lowest BCUT2D eigenvalue weighted by Gasteiger charge is -2.11. The lowest BCUT2D eigenvalue weighted by Crippen LogP contribution is -2.30. The van der Waals surface area contributed by atoms with Gasteiger partial charge in [0.15, 0.2) is 5.65 Å². The van der Waals surface area contributed by atoms with Crippen molar-refractivity contribution >= 4 is 34.4 Å². The van der Waals surface area contributed by atoms with Crippen molar-refractivity contribution in [3.63, 3.8) is 0 Å². The summed E-state index contributed by atoms with van der Waals surface area (Å²) < 4.78 is 7.07. The van der Waals surface area contributed by atoms with Crippen molar-refractivity contribution in [1.82, 2.24) is 24.8 Å². The van der Waals surface area contributed by atoms with Gasteiger partial charge in [-0.25, -0.2) is 9.97 Å². The molecular formula is C27H29N7O2. The zero-order valence-corrected chi connectivity index (χ0v) is 20.0. The van der Waals surface area contributed by atoms with Crippen LogP contribution in [0.1, 0.15) is 24.6 Å². The van der Waals surface area contributed by atoms with Crippen LogP contribution < -0.4 is 16.0 Å². The minimum atomic E-state index is -0.248. The zero-order chi connectivity index (χ0) is 24.7. The van der Waals surface area contributed by atoms with Crippen molar-refractivity contribution in [2.24, 2.45) is 0 Å². The van der Waals surface area contributed by atoms with Crippen molar-refractivity contribution in [2.45, 2.75) is 18.8 Å². The fourth-order valence-electron chi connectivity index (χ4n) is 3.90. The molecule has 2 aromatic carbocycles. The number of para-hydroxylation sites is 1. The molecule has 1 amide bonds. The fourth-order valence-corrected chi connectivity index (χ4v) is 3.90. The quantitative estimate of drug-likeness (QED) is 0.354. The Morgan fingerprint density at radius 1 is 1.06 bits per heavy atom. The Morgan fingerprint density at radius 2 is 1.83 bits per heavy atom. The molecule has 1 saturated carbocycles. The van der Waals surface area contributed by atoms with Gasteiger partial charge in [-0.1, -0.05) is 30.8 Å². The van der Waals surface area contributed by atoms with Crippen molar-refractivity contribution in [3.8, 4) is 5.69 Å². The van der Waals surface area contributed by atoms with Crippen LogP contribution in [0.2, 0.25) is 0 Å². The lowest BCUT2D eigenvalue weighted by atomic mass is 10.2. The molecule has 1 saturated heterocycles. The van der Waals surface area contributed by atoms with Gasteiger partial charge >= 0.3 is 0 Å². The summed E-state index contributed by atoms with van der Waals surface area (Å²) >= 11 is 0. The molecule has 1 aliphatic carbocycles. The number of rotatable bonds is 6. The van der Waals surface area contributed by atoms with E-state index in [1.807, 2.05) is 54.6 Å². The number of hydrogen-bond donors (Lipinski definition) is 3. The molecule has 184 valence electrons. The molecule has 0 radical (unpaired) electrons. The Labute approximate surface area is 209 Å². The number of ether oxygens (including phenoxy) is 1. The van der Waals surface area contributed by atoms with Crippen molar-refractivity contribution in [1.29, 1.82) is 0 Å². The predicted molar refractivity (Wildman–Crippen MR) is 141 cm³/mol. The topological polar surface area (TPSA) is 106 Å². The highest BCUT2D eigenvalue weighted by Crippen LogP contribution is 2.41. The van der Waals surface area contributed by atoms with Gasteiger partial charge in [0.2, 0.25) is 11.9 Å². The second-order valence-electron chi connectivity index (χ2n) is 8.58. The van der Waals surface area contributed by atoms with Gasteiger partial charge in [-0.2, -0.15) is 4.98 Å². The lowest BCUT2D eigenvalue weighted by molar-refractivity contribution is -0.111. The van der Waals surface area contributed by atoms with Crippen LogP contribution in [-0.2, 0) is 9.53 Å². The van der Waals surface area contributed by atoms with Gasteiger partial charge < -0.3 is 20.7 Å². The molecule has 9 nitrogen and oxygen atoms in total. The molecule has 2 aromatic heterocycles. The molecule has 6 rings (SSSR count). The van der Waals surface area contributed by atoms with Gasteiger partial charge in [0, 0.05) is 30.4 Å². The summed E-state index contributed by atoms with van der Waals surface area (Å²) in [6.07, 6.45) is 5.22. The molecule has 2 fully saturated rings. The van der Waals surface area contributed by atoms with Crippen LogP contribution in [0, 0.1) is 0 Å². The van der Waals surface area contributed by atoms with Crippen LogP contribution in [0.25, 0.3) is 16.9 Å². The smallest absolute Gasteiger partial charge is 0.247 e. The van der Waals surface area contributed by atoms with Crippen molar-refractivity contribution in [3.05, 3.63) is 79.3 Å². The number of carbonyl (C=O) groups is 1. The first kappa shape index (κ1) is 23.7. The van der Waals surface area contributed by atoms with E-state index in [1.54, 1.807) is 6.20 Å². The van der Waals surface area contributed by atoms with E-state index < -0.39 is 0 Å². The van der Waals surface area contributed by atoms with E-state index in [4.69, 9.17) is 14.7 Å². The standard InChI is InChI=1S/C23H20N6O.C4H9NO/c1-2-20(30)25-17-9-6-10-18(13-17)29-21(15-11-12-15)27-19-14-24-23(28-22(19)29)26-16-7-4-3-5-8-16;1-3-6-4-2-5-1/h2-10,13-15H,1,11-12H2,(H,25,30)(H,24,26,28);5H,1-4H2. The predicted octanol–water partition coefficient (Wildman–Crippen LogP) is 4.17. The molecule has 0 atom stereocenters. The van der Waals surface area contributed by atoms with Gasteiger partial charge in [-0.05, 0) is 49.2 Å².